The van der Waals surface area contributed by atoms with Gasteiger partial charge in [-0.3, -0.25) is 4.98 Å². The Bertz CT molecular complexity index is 767. The standard InChI is InChI=1S/C20H26N4O4/c1-26-17-12-16(13-18(27-2)19(17)28-3)23-8-10-24(11-9-23)20(25)22-14-15-4-6-21-7-5-15/h4-7,12-13H,8-11,14H2,1-3H3,(H,22,25). The van der Waals surface area contributed by atoms with Crippen molar-refractivity contribution >= 4 is 11.7 Å². The molecule has 2 amide bonds. The van der Waals surface area contributed by atoms with Gasteiger partial charge in [0.05, 0.1) is 21.3 Å². The largest absolute Gasteiger partial charge is 0.493 e. The quantitative estimate of drug-likeness (QED) is 0.820. The van der Waals surface area contributed by atoms with Crippen molar-refractivity contribution in [3.63, 3.8) is 0 Å². The summed E-state index contributed by atoms with van der Waals surface area (Å²) in [6.45, 7) is 3.22. The lowest BCUT2D eigenvalue weighted by molar-refractivity contribution is 0.194. The fourth-order valence-electron chi connectivity index (χ4n) is 3.21. The van der Waals surface area contributed by atoms with Crippen molar-refractivity contribution < 1.29 is 19.0 Å². The number of piperazine rings is 1. The molecule has 2 heterocycles. The molecule has 0 bridgehead atoms. The Morgan fingerprint density at radius 2 is 1.61 bits per heavy atom. The molecule has 1 aromatic heterocycles. The van der Waals surface area contributed by atoms with Crippen molar-refractivity contribution in [2.45, 2.75) is 6.54 Å². The van der Waals surface area contributed by atoms with E-state index >= 15 is 0 Å². The van der Waals surface area contributed by atoms with Crippen LogP contribution in [0.25, 0.3) is 0 Å². The monoisotopic (exact) mass is 386 g/mol. The molecule has 8 nitrogen and oxygen atoms in total. The summed E-state index contributed by atoms with van der Waals surface area (Å²) < 4.78 is 16.2. The summed E-state index contributed by atoms with van der Waals surface area (Å²) in [5.41, 5.74) is 2.01. The van der Waals surface area contributed by atoms with Gasteiger partial charge in [0, 0.05) is 62.9 Å². The van der Waals surface area contributed by atoms with Crippen molar-refractivity contribution in [3.05, 3.63) is 42.2 Å². The maximum absolute atomic E-state index is 12.4. The van der Waals surface area contributed by atoms with Gasteiger partial charge in [-0.2, -0.15) is 0 Å². The van der Waals surface area contributed by atoms with Crippen LogP contribution in [0.5, 0.6) is 17.2 Å². The lowest BCUT2D eigenvalue weighted by atomic mass is 10.2. The van der Waals surface area contributed by atoms with Crippen LogP contribution in [-0.4, -0.2) is 63.4 Å². The summed E-state index contributed by atoms with van der Waals surface area (Å²) >= 11 is 0. The van der Waals surface area contributed by atoms with Gasteiger partial charge in [0.1, 0.15) is 0 Å². The summed E-state index contributed by atoms with van der Waals surface area (Å²) in [6.07, 6.45) is 3.44. The molecule has 3 rings (SSSR count). The number of ether oxygens (including phenoxy) is 3. The summed E-state index contributed by atoms with van der Waals surface area (Å²) in [4.78, 5) is 20.4. The third-order valence-electron chi connectivity index (χ3n) is 4.77. The Morgan fingerprint density at radius 1 is 1.00 bits per heavy atom. The predicted octanol–water partition coefficient (Wildman–Crippen LogP) is 2.14. The molecule has 8 heteroatoms. The molecular formula is C20H26N4O4. The lowest BCUT2D eigenvalue weighted by Crippen LogP contribution is -2.51. The second-order valence-corrected chi connectivity index (χ2v) is 6.37. The van der Waals surface area contributed by atoms with E-state index < -0.39 is 0 Å². The normalized spacial score (nSPS) is 13.8. The molecule has 0 aliphatic carbocycles. The number of pyridine rings is 1. The van der Waals surface area contributed by atoms with Crippen molar-refractivity contribution in [1.29, 1.82) is 0 Å². The molecule has 0 spiro atoms. The Kier molecular flexibility index (Phi) is 6.41. The van der Waals surface area contributed by atoms with Gasteiger partial charge < -0.3 is 29.3 Å². The second-order valence-electron chi connectivity index (χ2n) is 6.37. The highest BCUT2D eigenvalue weighted by molar-refractivity contribution is 5.74. The zero-order valence-corrected chi connectivity index (χ0v) is 16.5. The third-order valence-corrected chi connectivity index (χ3v) is 4.77. The number of nitrogens with one attached hydrogen (secondary N) is 1. The Morgan fingerprint density at radius 3 is 2.14 bits per heavy atom. The number of urea groups is 1. The van der Waals surface area contributed by atoms with E-state index in [0.717, 1.165) is 24.3 Å². The number of aromatic nitrogens is 1. The van der Waals surface area contributed by atoms with E-state index in [9.17, 15) is 4.79 Å². The van der Waals surface area contributed by atoms with Gasteiger partial charge in [0.2, 0.25) is 5.75 Å². The number of carbonyl (C=O) groups is 1. The summed E-state index contributed by atoms with van der Waals surface area (Å²) in [7, 11) is 4.79. The van der Waals surface area contributed by atoms with Crippen LogP contribution in [0.3, 0.4) is 0 Å². The zero-order valence-electron chi connectivity index (χ0n) is 16.5. The molecule has 2 aromatic rings. The number of amides is 2. The van der Waals surface area contributed by atoms with Gasteiger partial charge in [-0.15, -0.1) is 0 Å². The highest BCUT2D eigenvalue weighted by Crippen LogP contribution is 2.41. The number of methoxy groups -OCH3 is 3. The van der Waals surface area contributed by atoms with Gasteiger partial charge in [0.15, 0.2) is 11.5 Å². The molecule has 0 unspecified atom stereocenters. The van der Waals surface area contributed by atoms with Crippen LogP contribution in [0.2, 0.25) is 0 Å². The van der Waals surface area contributed by atoms with E-state index in [1.807, 2.05) is 29.2 Å². The molecule has 1 fully saturated rings. The van der Waals surface area contributed by atoms with Gasteiger partial charge in [-0.05, 0) is 17.7 Å². The van der Waals surface area contributed by atoms with E-state index in [-0.39, 0.29) is 6.03 Å². The summed E-state index contributed by atoms with van der Waals surface area (Å²) in [5, 5.41) is 2.96. The van der Waals surface area contributed by atoms with Crippen molar-refractivity contribution in [3.8, 4) is 17.2 Å². The first kappa shape index (κ1) is 19.6. The van der Waals surface area contributed by atoms with Crippen molar-refractivity contribution in [2.24, 2.45) is 0 Å². The average molecular weight is 386 g/mol. The maximum Gasteiger partial charge on any atom is 0.317 e. The summed E-state index contributed by atoms with van der Waals surface area (Å²) in [5.74, 6) is 1.81. The van der Waals surface area contributed by atoms with Gasteiger partial charge >= 0.3 is 6.03 Å². The SMILES string of the molecule is COc1cc(N2CCN(C(=O)NCc3ccncc3)CC2)cc(OC)c1OC. The Hall–Kier alpha value is -3.16. The van der Waals surface area contributed by atoms with E-state index in [2.05, 4.69) is 15.2 Å². The van der Waals surface area contributed by atoms with Crippen LogP contribution >= 0.6 is 0 Å². The zero-order chi connectivity index (χ0) is 19.9. The van der Waals surface area contributed by atoms with E-state index in [1.165, 1.54) is 0 Å². The average Bonchev–Trinajstić information content (AvgIpc) is 2.77. The Labute approximate surface area is 165 Å². The van der Waals surface area contributed by atoms with Crippen LogP contribution in [-0.2, 0) is 6.54 Å². The number of hydrogen-bond acceptors (Lipinski definition) is 6. The second kappa shape index (κ2) is 9.16. The van der Waals surface area contributed by atoms with Gasteiger partial charge in [0.25, 0.3) is 0 Å². The minimum Gasteiger partial charge on any atom is -0.493 e. The van der Waals surface area contributed by atoms with Crippen LogP contribution in [0, 0.1) is 0 Å². The first-order valence-corrected chi connectivity index (χ1v) is 9.13. The molecule has 1 aliphatic heterocycles. The molecule has 150 valence electrons. The van der Waals surface area contributed by atoms with Gasteiger partial charge in [-0.1, -0.05) is 0 Å². The van der Waals surface area contributed by atoms with Crippen molar-refractivity contribution in [1.82, 2.24) is 15.2 Å². The molecule has 1 aromatic carbocycles. The number of hydrogen-bond donors (Lipinski definition) is 1. The minimum absolute atomic E-state index is 0.0543. The number of anilines is 1. The smallest absolute Gasteiger partial charge is 0.317 e. The van der Waals surface area contributed by atoms with Crippen LogP contribution in [0.15, 0.2) is 36.7 Å². The number of rotatable bonds is 6. The van der Waals surface area contributed by atoms with Crippen LogP contribution < -0.4 is 24.4 Å². The number of nitrogens with zero attached hydrogens (tertiary/aromatic N) is 3. The molecule has 0 radical (unpaired) electrons. The third kappa shape index (κ3) is 4.39. The van der Waals surface area contributed by atoms with E-state index in [4.69, 9.17) is 14.2 Å². The van der Waals surface area contributed by atoms with E-state index in [0.29, 0.717) is 36.9 Å². The molecule has 1 N–H and O–H groups in total. The highest BCUT2D eigenvalue weighted by atomic mass is 16.5. The predicted molar refractivity (Wildman–Crippen MR) is 106 cm³/mol. The molecule has 1 saturated heterocycles. The topological polar surface area (TPSA) is 76.2 Å². The Balaban J connectivity index is 1.59. The fourth-order valence-corrected chi connectivity index (χ4v) is 3.21. The minimum atomic E-state index is -0.0543. The highest BCUT2D eigenvalue weighted by Gasteiger charge is 2.23. The first-order chi connectivity index (χ1) is 13.7. The fraction of sp³-hybridized carbons (Fsp3) is 0.400. The number of carbonyl (C=O) groups excluding carboxylic acids is 1. The number of benzene rings is 1. The van der Waals surface area contributed by atoms with Gasteiger partial charge in [-0.25, -0.2) is 4.79 Å². The van der Waals surface area contributed by atoms with Crippen LogP contribution in [0.1, 0.15) is 5.56 Å². The van der Waals surface area contributed by atoms with E-state index in [1.54, 1.807) is 33.7 Å². The van der Waals surface area contributed by atoms with Crippen molar-refractivity contribution in [2.75, 3.05) is 52.4 Å². The molecule has 28 heavy (non-hydrogen) atoms. The van der Waals surface area contributed by atoms with Crippen LogP contribution in [0.4, 0.5) is 10.5 Å². The maximum atomic E-state index is 12.4. The first-order valence-electron chi connectivity index (χ1n) is 9.13. The lowest BCUT2D eigenvalue weighted by Gasteiger charge is -2.36. The summed E-state index contributed by atoms with van der Waals surface area (Å²) in [6, 6.07) is 7.59. The molecule has 0 saturated carbocycles. The molecular weight excluding hydrogens is 360 g/mol. The molecule has 0 atom stereocenters. The molecule has 1 aliphatic rings.